The highest BCUT2D eigenvalue weighted by atomic mass is 16.7. The Morgan fingerprint density at radius 3 is 1.90 bits per heavy atom. The maximum atomic E-state index is 12.0. The summed E-state index contributed by atoms with van der Waals surface area (Å²) in [6.07, 6.45) is 5.10. The van der Waals surface area contributed by atoms with E-state index in [1.54, 1.807) is 6.07 Å². The third-order valence-corrected chi connectivity index (χ3v) is 4.52. The molecule has 0 heterocycles. The summed E-state index contributed by atoms with van der Waals surface area (Å²) in [6.45, 7) is 7.25. The van der Waals surface area contributed by atoms with Gasteiger partial charge in [-0.2, -0.15) is 0 Å². The monoisotopic (exact) mass is 410 g/mol. The quantitative estimate of drug-likeness (QED) is 0.301. The van der Waals surface area contributed by atoms with E-state index in [4.69, 9.17) is 14.2 Å². The molecule has 0 aromatic heterocycles. The van der Waals surface area contributed by atoms with Crippen molar-refractivity contribution in [2.24, 2.45) is 0 Å². The molecule has 0 aliphatic carbocycles. The van der Waals surface area contributed by atoms with E-state index in [0.717, 1.165) is 38.5 Å². The zero-order chi connectivity index (χ0) is 21.7. The van der Waals surface area contributed by atoms with E-state index in [0.29, 0.717) is 19.8 Å². The number of hydrogen-bond donors (Lipinski definition) is 2. The van der Waals surface area contributed by atoms with Crippen molar-refractivity contribution in [2.45, 2.75) is 65.1 Å². The number of carboxylic acids is 2. The van der Waals surface area contributed by atoms with Gasteiger partial charge in [0.25, 0.3) is 0 Å². The highest BCUT2D eigenvalue weighted by Gasteiger charge is 2.40. The molecule has 0 fully saturated rings. The van der Waals surface area contributed by atoms with Gasteiger partial charge in [-0.3, -0.25) is 0 Å². The molecule has 164 valence electrons. The van der Waals surface area contributed by atoms with E-state index in [2.05, 4.69) is 0 Å². The zero-order valence-corrected chi connectivity index (χ0v) is 17.7. The normalized spacial score (nSPS) is 11.6. The van der Waals surface area contributed by atoms with Gasteiger partial charge in [-0.05, 0) is 25.3 Å². The smallest absolute Gasteiger partial charge is 0.337 e. The van der Waals surface area contributed by atoms with Crippen LogP contribution in [-0.2, 0) is 20.0 Å². The lowest BCUT2D eigenvalue weighted by Crippen LogP contribution is -2.41. The highest BCUT2D eigenvalue weighted by Crippen LogP contribution is 2.33. The SMILES string of the molecule is CCCCOCC(OCCCC)(OCCCC)c1cccc(C(=O)O)c1C(=O)O. The predicted octanol–water partition coefficient (Wildman–Crippen LogP) is 4.69. The number of aromatic carboxylic acids is 2. The Kier molecular flexibility index (Phi) is 11.5. The van der Waals surface area contributed by atoms with Gasteiger partial charge in [0.05, 0.1) is 24.3 Å². The van der Waals surface area contributed by atoms with Gasteiger partial charge in [0.1, 0.15) is 6.61 Å². The van der Waals surface area contributed by atoms with Crippen LogP contribution in [0.5, 0.6) is 0 Å². The fourth-order valence-corrected chi connectivity index (χ4v) is 2.85. The second-order valence-corrected chi connectivity index (χ2v) is 6.90. The molecular formula is C22H34O7. The lowest BCUT2D eigenvalue weighted by atomic mass is 9.94. The topological polar surface area (TPSA) is 102 Å². The van der Waals surface area contributed by atoms with Gasteiger partial charge in [-0.15, -0.1) is 0 Å². The van der Waals surface area contributed by atoms with Crippen LogP contribution < -0.4 is 0 Å². The number of hydrogen-bond acceptors (Lipinski definition) is 5. The molecule has 0 aliphatic heterocycles. The van der Waals surface area contributed by atoms with Crippen LogP contribution in [0, 0.1) is 0 Å². The van der Waals surface area contributed by atoms with Crippen LogP contribution in [0.25, 0.3) is 0 Å². The van der Waals surface area contributed by atoms with Crippen molar-refractivity contribution in [1.82, 2.24) is 0 Å². The maximum Gasteiger partial charge on any atom is 0.337 e. The number of carboxylic acid groups (broad SMARTS) is 2. The Bertz CT molecular complexity index is 632. The average molecular weight is 411 g/mol. The predicted molar refractivity (Wildman–Crippen MR) is 109 cm³/mol. The van der Waals surface area contributed by atoms with E-state index in [-0.39, 0.29) is 23.3 Å². The fraction of sp³-hybridized carbons (Fsp3) is 0.636. The summed E-state index contributed by atoms with van der Waals surface area (Å²) in [6, 6.07) is 4.34. The summed E-state index contributed by atoms with van der Waals surface area (Å²) in [4.78, 5) is 23.7. The fourth-order valence-electron chi connectivity index (χ4n) is 2.85. The van der Waals surface area contributed by atoms with Crippen LogP contribution in [0.2, 0.25) is 0 Å². The van der Waals surface area contributed by atoms with Crippen molar-refractivity contribution in [3.8, 4) is 0 Å². The van der Waals surface area contributed by atoms with Gasteiger partial charge in [0, 0.05) is 12.2 Å². The van der Waals surface area contributed by atoms with E-state index in [1.165, 1.54) is 12.1 Å². The molecule has 0 atom stereocenters. The Morgan fingerprint density at radius 1 is 0.862 bits per heavy atom. The summed E-state index contributed by atoms with van der Waals surface area (Å²) < 4.78 is 18.0. The Balaban J connectivity index is 3.46. The molecular weight excluding hydrogens is 376 g/mol. The van der Waals surface area contributed by atoms with Crippen LogP contribution in [-0.4, -0.2) is 48.6 Å². The molecule has 1 rings (SSSR count). The second kappa shape index (κ2) is 13.3. The molecule has 2 N–H and O–H groups in total. The lowest BCUT2D eigenvalue weighted by molar-refractivity contribution is -0.272. The van der Waals surface area contributed by atoms with Crippen LogP contribution in [0.1, 0.15) is 85.6 Å². The molecule has 0 radical (unpaired) electrons. The third kappa shape index (κ3) is 7.42. The van der Waals surface area contributed by atoms with Gasteiger partial charge < -0.3 is 24.4 Å². The number of rotatable bonds is 16. The van der Waals surface area contributed by atoms with Gasteiger partial charge in [-0.25, -0.2) is 9.59 Å². The van der Waals surface area contributed by atoms with Gasteiger partial charge >= 0.3 is 11.9 Å². The Labute approximate surface area is 173 Å². The molecule has 1 aromatic rings. The molecule has 0 amide bonds. The molecule has 0 aliphatic rings. The van der Waals surface area contributed by atoms with E-state index in [9.17, 15) is 19.8 Å². The van der Waals surface area contributed by atoms with Crippen molar-refractivity contribution in [2.75, 3.05) is 26.4 Å². The molecule has 0 saturated heterocycles. The number of ether oxygens (including phenoxy) is 3. The van der Waals surface area contributed by atoms with Gasteiger partial charge in [0.15, 0.2) is 0 Å². The number of benzene rings is 1. The summed E-state index contributed by atoms with van der Waals surface area (Å²) in [5.74, 6) is -4.13. The zero-order valence-electron chi connectivity index (χ0n) is 17.7. The van der Waals surface area contributed by atoms with E-state index >= 15 is 0 Å². The second-order valence-electron chi connectivity index (χ2n) is 6.90. The average Bonchev–Trinajstić information content (AvgIpc) is 2.70. The van der Waals surface area contributed by atoms with Crippen molar-refractivity contribution in [3.63, 3.8) is 0 Å². The first kappa shape index (κ1) is 25.1. The summed E-state index contributed by atoms with van der Waals surface area (Å²) in [5, 5.41) is 19.3. The minimum Gasteiger partial charge on any atom is -0.478 e. The Morgan fingerprint density at radius 2 is 1.41 bits per heavy atom. The first-order chi connectivity index (χ1) is 13.9. The van der Waals surface area contributed by atoms with Gasteiger partial charge in [-0.1, -0.05) is 52.2 Å². The van der Waals surface area contributed by atoms with Gasteiger partial charge in [0.2, 0.25) is 5.79 Å². The van der Waals surface area contributed by atoms with Crippen LogP contribution in [0.4, 0.5) is 0 Å². The standard InChI is InChI=1S/C22H34O7/c1-4-7-13-27-16-22(28-14-8-5-2,29-15-9-6-3)18-12-10-11-17(20(23)24)19(18)21(25)26/h10-12H,4-9,13-16H2,1-3H3,(H,23,24)(H,25,26). The van der Waals surface area contributed by atoms with Crippen LogP contribution in [0.3, 0.4) is 0 Å². The van der Waals surface area contributed by atoms with Crippen molar-refractivity contribution in [3.05, 3.63) is 34.9 Å². The van der Waals surface area contributed by atoms with Crippen molar-refractivity contribution >= 4 is 11.9 Å². The minimum atomic E-state index is -1.47. The molecule has 7 nitrogen and oxygen atoms in total. The molecule has 7 heteroatoms. The molecule has 0 bridgehead atoms. The van der Waals surface area contributed by atoms with E-state index in [1.807, 2.05) is 20.8 Å². The van der Waals surface area contributed by atoms with Crippen LogP contribution in [0.15, 0.2) is 18.2 Å². The largest absolute Gasteiger partial charge is 0.478 e. The molecule has 0 spiro atoms. The first-order valence-corrected chi connectivity index (χ1v) is 10.4. The third-order valence-electron chi connectivity index (χ3n) is 4.52. The van der Waals surface area contributed by atoms with Crippen molar-refractivity contribution in [1.29, 1.82) is 0 Å². The molecule has 0 saturated carbocycles. The number of carbonyl (C=O) groups is 2. The molecule has 1 aromatic carbocycles. The summed E-state index contributed by atoms with van der Waals surface area (Å²) in [7, 11) is 0. The summed E-state index contributed by atoms with van der Waals surface area (Å²) in [5.41, 5.74) is -0.452. The van der Waals surface area contributed by atoms with Crippen molar-refractivity contribution < 1.29 is 34.0 Å². The Hall–Kier alpha value is -1.96. The summed E-state index contributed by atoms with van der Waals surface area (Å²) >= 11 is 0. The highest BCUT2D eigenvalue weighted by molar-refractivity contribution is 6.03. The maximum absolute atomic E-state index is 12.0. The minimum absolute atomic E-state index is 0.0101. The first-order valence-electron chi connectivity index (χ1n) is 10.4. The lowest BCUT2D eigenvalue weighted by Gasteiger charge is -2.35. The number of unbranched alkanes of at least 4 members (excludes halogenated alkanes) is 3. The molecule has 0 unspecified atom stereocenters. The van der Waals surface area contributed by atoms with E-state index < -0.39 is 17.7 Å². The van der Waals surface area contributed by atoms with Crippen LogP contribution >= 0.6 is 0 Å². The molecule has 29 heavy (non-hydrogen) atoms.